The molecule has 1 heterocycles. The third-order valence-corrected chi connectivity index (χ3v) is 7.28. The van der Waals surface area contributed by atoms with Gasteiger partial charge in [-0.05, 0) is 90.3 Å². The zero-order valence-corrected chi connectivity index (χ0v) is 21.3. The summed E-state index contributed by atoms with van der Waals surface area (Å²) >= 11 is 6.60. The lowest BCUT2D eigenvalue weighted by atomic mass is 9.78. The van der Waals surface area contributed by atoms with Crippen molar-refractivity contribution in [2.75, 3.05) is 6.54 Å². The van der Waals surface area contributed by atoms with Gasteiger partial charge >= 0.3 is 13.1 Å². The predicted molar refractivity (Wildman–Crippen MR) is 130 cm³/mol. The molecule has 7 heteroatoms. The van der Waals surface area contributed by atoms with Crippen molar-refractivity contribution in [1.82, 2.24) is 5.32 Å². The molecule has 178 valence electrons. The molecule has 3 rings (SSSR count). The van der Waals surface area contributed by atoms with Gasteiger partial charge in [0.05, 0.1) is 11.2 Å². The number of benzene rings is 1. The van der Waals surface area contributed by atoms with Gasteiger partial charge in [-0.25, -0.2) is 0 Å². The highest BCUT2D eigenvalue weighted by atomic mass is 35.5. The SMILES string of the molecule is CC(C)C[C@H](NCCc1ccc(B2OC(C)(C)C(C)(C)O2)c(Cl)c1)C(=O)OC1CCCC1. The predicted octanol–water partition coefficient (Wildman–Crippen LogP) is 4.67. The Morgan fingerprint density at radius 1 is 1.19 bits per heavy atom. The molecule has 0 radical (unpaired) electrons. The quantitative estimate of drug-likeness (QED) is 0.426. The Bertz CT molecular complexity index is 776. The molecule has 1 aromatic rings. The van der Waals surface area contributed by atoms with E-state index >= 15 is 0 Å². The molecule has 1 saturated heterocycles. The Balaban J connectivity index is 1.56. The van der Waals surface area contributed by atoms with Gasteiger partial charge in [-0.1, -0.05) is 37.6 Å². The first-order chi connectivity index (χ1) is 15.0. The number of hydrogen-bond acceptors (Lipinski definition) is 5. The van der Waals surface area contributed by atoms with Gasteiger partial charge in [-0.3, -0.25) is 4.79 Å². The number of hydrogen-bond donors (Lipinski definition) is 1. The van der Waals surface area contributed by atoms with E-state index in [-0.39, 0.29) is 18.1 Å². The summed E-state index contributed by atoms with van der Waals surface area (Å²) in [5.74, 6) is 0.303. The molecule has 32 heavy (non-hydrogen) atoms. The Morgan fingerprint density at radius 3 is 2.38 bits per heavy atom. The summed E-state index contributed by atoms with van der Waals surface area (Å²) in [7, 11) is -0.472. The van der Waals surface area contributed by atoms with E-state index in [4.69, 9.17) is 25.6 Å². The summed E-state index contributed by atoms with van der Waals surface area (Å²) in [6, 6.07) is 5.75. The van der Waals surface area contributed by atoms with Crippen LogP contribution in [0.4, 0.5) is 0 Å². The average Bonchev–Trinajstić information content (AvgIpc) is 3.26. The molecule has 2 fully saturated rings. The Kier molecular flexibility index (Phi) is 8.35. The summed E-state index contributed by atoms with van der Waals surface area (Å²) in [6.07, 6.45) is 5.94. The number of carbonyl (C=O) groups excluding carboxylic acids is 1. The fourth-order valence-electron chi connectivity index (χ4n) is 4.26. The first-order valence-corrected chi connectivity index (χ1v) is 12.4. The molecule has 1 atom stereocenters. The van der Waals surface area contributed by atoms with Crippen LogP contribution in [0.15, 0.2) is 18.2 Å². The topological polar surface area (TPSA) is 56.8 Å². The molecule has 1 aliphatic heterocycles. The van der Waals surface area contributed by atoms with Gasteiger partial charge in [-0.2, -0.15) is 0 Å². The molecule has 1 aromatic carbocycles. The van der Waals surface area contributed by atoms with Crippen LogP contribution in [-0.2, 0) is 25.3 Å². The van der Waals surface area contributed by atoms with E-state index in [1.165, 1.54) is 0 Å². The molecule has 0 aromatic heterocycles. The highest BCUT2D eigenvalue weighted by Gasteiger charge is 2.52. The van der Waals surface area contributed by atoms with E-state index in [1.807, 2.05) is 39.8 Å². The van der Waals surface area contributed by atoms with Crippen LogP contribution in [0.2, 0.25) is 5.02 Å². The fraction of sp³-hybridized carbons (Fsp3) is 0.720. The van der Waals surface area contributed by atoms with Crippen molar-refractivity contribution in [2.24, 2.45) is 5.92 Å². The number of carbonyl (C=O) groups is 1. The Hall–Kier alpha value is -1.08. The van der Waals surface area contributed by atoms with Gasteiger partial charge in [0.1, 0.15) is 12.1 Å². The molecular weight excluding hydrogens is 425 g/mol. The van der Waals surface area contributed by atoms with E-state index in [0.29, 0.717) is 17.5 Å². The van der Waals surface area contributed by atoms with Crippen molar-refractivity contribution in [2.45, 2.75) is 103 Å². The van der Waals surface area contributed by atoms with Crippen molar-refractivity contribution in [3.05, 3.63) is 28.8 Å². The second kappa shape index (κ2) is 10.5. The van der Waals surface area contributed by atoms with E-state index < -0.39 is 18.3 Å². The third kappa shape index (κ3) is 6.28. The summed E-state index contributed by atoms with van der Waals surface area (Å²) in [4.78, 5) is 12.7. The fourth-order valence-corrected chi connectivity index (χ4v) is 4.56. The summed E-state index contributed by atoms with van der Waals surface area (Å²) in [6.45, 7) is 13.1. The summed E-state index contributed by atoms with van der Waals surface area (Å²) < 4.78 is 18.0. The number of ether oxygens (including phenoxy) is 1. The lowest BCUT2D eigenvalue weighted by Gasteiger charge is -2.32. The second-order valence-electron chi connectivity index (χ2n) is 10.7. The maximum atomic E-state index is 12.7. The molecule has 1 saturated carbocycles. The molecule has 0 bridgehead atoms. The number of nitrogens with one attached hydrogen (secondary N) is 1. The highest BCUT2D eigenvalue weighted by molar-refractivity contribution is 6.65. The van der Waals surface area contributed by atoms with Gasteiger partial charge in [-0.15, -0.1) is 0 Å². The van der Waals surface area contributed by atoms with E-state index in [1.54, 1.807) is 0 Å². The van der Waals surface area contributed by atoms with Gasteiger partial charge in [0.15, 0.2) is 0 Å². The van der Waals surface area contributed by atoms with Crippen molar-refractivity contribution < 1.29 is 18.8 Å². The Labute approximate surface area is 199 Å². The maximum absolute atomic E-state index is 12.7. The molecular formula is C25H39BClNO4. The van der Waals surface area contributed by atoms with Crippen molar-refractivity contribution >= 4 is 30.2 Å². The zero-order valence-electron chi connectivity index (χ0n) is 20.5. The van der Waals surface area contributed by atoms with E-state index in [0.717, 1.165) is 49.6 Å². The van der Waals surface area contributed by atoms with E-state index in [9.17, 15) is 4.79 Å². The highest BCUT2D eigenvalue weighted by Crippen LogP contribution is 2.37. The van der Waals surface area contributed by atoms with Gasteiger partial charge in [0, 0.05) is 10.5 Å². The minimum atomic E-state index is -0.472. The Morgan fingerprint density at radius 2 is 1.81 bits per heavy atom. The molecule has 1 N–H and O–H groups in total. The van der Waals surface area contributed by atoms with Crippen LogP contribution in [0.5, 0.6) is 0 Å². The first kappa shape index (κ1) is 25.5. The molecule has 5 nitrogen and oxygen atoms in total. The molecule has 0 amide bonds. The lowest BCUT2D eigenvalue weighted by Crippen LogP contribution is -2.41. The molecule has 0 spiro atoms. The number of rotatable bonds is 9. The van der Waals surface area contributed by atoms with Gasteiger partial charge < -0.3 is 19.4 Å². The minimum Gasteiger partial charge on any atom is -0.461 e. The standard InChI is InChI=1S/C25H39BClNO4/c1-17(2)15-22(23(29)30-19-9-7-8-10-19)28-14-13-18-11-12-20(21(27)16-18)26-31-24(3,4)25(5,6)32-26/h11-12,16-17,19,22,28H,7-10,13-15H2,1-6H3/t22-/m0/s1. The molecule has 0 unspecified atom stereocenters. The molecule has 2 aliphatic rings. The molecule has 1 aliphatic carbocycles. The van der Waals surface area contributed by atoms with E-state index in [2.05, 4.69) is 25.2 Å². The van der Waals surface area contributed by atoms with Gasteiger partial charge in [0.2, 0.25) is 0 Å². The number of halogens is 1. The maximum Gasteiger partial charge on any atom is 0.496 e. The van der Waals surface area contributed by atoms with Crippen molar-refractivity contribution in [3.63, 3.8) is 0 Å². The van der Waals surface area contributed by atoms with Crippen LogP contribution >= 0.6 is 11.6 Å². The minimum absolute atomic E-state index is 0.0975. The van der Waals surface area contributed by atoms with Crippen molar-refractivity contribution in [1.29, 1.82) is 0 Å². The second-order valence-corrected chi connectivity index (χ2v) is 11.1. The normalized spacial score (nSPS) is 21.3. The third-order valence-electron chi connectivity index (χ3n) is 6.95. The summed E-state index contributed by atoms with van der Waals surface area (Å²) in [5, 5.41) is 4.06. The smallest absolute Gasteiger partial charge is 0.461 e. The summed E-state index contributed by atoms with van der Waals surface area (Å²) in [5.41, 5.74) is 1.15. The average molecular weight is 464 g/mol. The van der Waals surface area contributed by atoms with Crippen LogP contribution < -0.4 is 10.8 Å². The van der Waals surface area contributed by atoms with Crippen LogP contribution in [-0.4, -0.2) is 43.0 Å². The lowest BCUT2D eigenvalue weighted by molar-refractivity contribution is -0.151. The largest absolute Gasteiger partial charge is 0.496 e. The monoisotopic (exact) mass is 463 g/mol. The zero-order chi connectivity index (χ0) is 23.5. The van der Waals surface area contributed by atoms with Crippen LogP contribution in [0.25, 0.3) is 0 Å². The first-order valence-electron chi connectivity index (χ1n) is 12.1. The number of esters is 1. The van der Waals surface area contributed by atoms with Gasteiger partial charge in [0.25, 0.3) is 0 Å². The van der Waals surface area contributed by atoms with Crippen molar-refractivity contribution in [3.8, 4) is 0 Å². The van der Waals surface area contributed by atoms with Crippen LogP contribution in [0.1, 0.15) is 79.2 Å². The van der Waals surface area contributed by atoms with Crippen LogP contribution in [0.3, 0.4) is 0 Å². The van der Waals surface area contributed by atoms with Crippen LogP contribution in [0, 0.1) is 5.92 Å².